The monoisotopic (exact) mass is 271 g/mol. The van der Waals surface area contributed by atoms with Gasteiger partial charge in [0.25, 0.3) is 0 Å². The van der Waals surface area contributed by atoms with Gasteiger partial charge in [0.15, 0.2) is 0 Å². The molecule has 0 aliphatic carbocycles. The number of rotatable bonds is 3. The topological polar surface area (TPSA) is 55.3 Å². The summed E-state index contributed by atoms with van der Waals surface area (Å²) in [6, 6.07) is 6.57. The molecule has 0 saturated carbocycles. The van der Waals surface area contributed by atoms with E-state index in [0.717, 1.165) is 19.4 Å². The molecule has 3 nitrogen and oxygen atoms in total. The van der Waals surface area contributed by atoms with Gasteiger partial charge in [-0.2, -0.15) is 0 Å². The Labute approximate surface area is 121 Å². The predicted molar refractivity (Wildman–Crippen MR) is 86.6 cm³/mol. The molecule has 1 aromatic rings. The molecule has 0 bridgehead atoms. The van der Waals surface area contributed by atoms with Crippen LogP contribution in [-0.4, -0.2) is 18.1 Å². The molecule has 1 aliphatic rings. The van der Waals surface area contributed by atoms with Gasteiger partial charge >= 0.3 is 0 Å². The number of nitrogens with two attached hydrogens (primary N) is 2. The lowest BCUT2D eigenvalue weighted by Gasteiger charge is -2.19. The van der Waals surface area contributed by atoms with Crippen molar-refractivity contribution >= 4 is 11.1 Å². The molecule has 20 heavy (non-hydrogen) atoms. The van der Waals surface area contributed by atoms with Gasteiger partial charge in [0.05, 0.1) is 0 Å². The third kappa shape index (κ3) is 2.79. The van der Waals surface area contributed by atoms with Gasteiger partial charge in [0.2, 0.25) is 0 Å². The Morgan fingerprint density at radius 1 is 1.40 bits per heavy atom. The Kier molecular flexibility index (Phi) is 4.63. The molecule has 1 heterocycles. The van der Waals surface area contributed by atoms with Crippen molar-refractivity contribution in [2.75, 3.05) is 13.1 Å². The van der Waals surface area contributed by atoms with Crippen LogP contribution in [0, 0.1) is 6.92 Å². The van der Waals surface area contributed by atoms with Gasteiger partial charge in [-0.25, -0.2) is 5.84 Å². The van der Waals surface area contributed by atoms with E-state index in [1.807, 2.05) is 5.01 Å². The summed E-state index contributed by atoms with van der Waals surface area (Å²) in [7, 11) is 0. The maximum Gasteiger partial charge on any atom is 0.0342 e. The largest absolute Gasteiger partial charge is 0.326 e. The zero-order valence-corrected chi connectivity index (χ0v) is 12.7. The molecule has 0 aromatic heterocycles. The number of nitrogens with zero attached hydrogens (tertiary/aromatic N) is 1. The van der Waals surface area contributed by atoms with E-state index in [9.17, 15) is 0 Å². The molecule has 0 atom stereocenters. The number of hydrogen-bond donors (Lipinski definition) is 2. The van der Waals surface area contributed by atoms with Gasteiger partial charge in [-0.1, -0.05) is 18.2 Å². The van der Waals surface area contributed by atoms with Crippen molar-refractivity contribution in [3.8, 4) is 0 Å². The van der Waals surface area contributed by atoms with E-state index in [1.165, 1.54) is 33.5 Å². The normalized spacial score (nSPS) is 18.6. The van der Waals surface area contributed by atoms with E-state index in [4.69, 9.17) is 11.6 Å². The lowest BCUT2D eigenvalue weighted by Crippen LogP contribution is -2.27. The van der Waals surface area contributed by atoms with Crippen LogP contribution in [0.15, 0.2) is 30.0 Å². The fourth-order valence-corrected chi connectivity index (χ4v) is 2.81. The molecule has 1 saturated heterocycles. The van der Waals surface area contributed by atoms with Gasteiger partial charge in [0.1, 0.15) is 0 Å². The smallest absolute Gasteiger partial charge is 0.0342 e. The quantitative estimate of drug-likeness (QED) is 0.831. The molecule has 2 rings (SSSR count). The molecular weight excluding hydrogens is 246 g/mol. The molecule has 1 fully saturated rings. The van der Waals surface area contributed by atoms with Crippen molar-refractivity contribution < 1.29 is 0 Å². The van der Waals surface area contributed by atoms with Crippen LogP contribution in [0.4, 0.5) is 0 Å². The Balaban J connectivity index is 2.52. The Bertz CT molecular complexity index is 555. The highest BCUT2D eigenvalue weighted by molar-refractivity contribution is 5.75. The zero-order valence-electron chi connectivity index (χ0n) is 12.7. The summed E-state index contributed by atoms with van der Waals surface area (Å²) in [6.07, 6.45) is 4.28. The van der Waals surface area contributed by atoms with E-state index >= 15 is 0 Å². The fraction of sp³-hybridized carbons (Fsp3) is 0.412. The first-order chi connectivity index (χ1) is 9.58. The fourth-order valence-electron chi connectivity index (χ4n) is 2.81. The van der Waals surface area contributed by atoms with Crippen LogP contribution in [0.5, 0.6) is 0 Å². The molecule has 0 unspecified atom stereocenters. The Morgan fingerprint density at radius 2 is 2.15 bits per heavy atom. The number of hydrazine groups is 1. The molecule has 0 amide bonds. The average molecular weight is 271 g/mol. The summed E-state index contributed by atoms with van der Waals surface area (Å²) in [4.78, 5) is 0. The zero-order chi connectivity index (χ0) is 14.7. The summed E-state index contributed by atoms with van der Waals surface area (Å²) in [5.74, 6) is 6.06. The van der Waals surface area contributed by atoms with Crippen LogP contribution in [0.3, 0.4) is 0 Å². The summed E-state index contributed by atoms with van der Waals surface area (Å²) in [6.45, 7) is 7.81. The lowest BCUT2D eigenvalue weighted by atomic mass is 9.94. The standard InChI is InChI=1S/C17H25N3/c1-4-12(2)15-10-14(8-7-13(15)3)16(11-18)17-6-5-9-20(17)19/h4,7-8,10H,5-6,9,11,18-19H2,1-3H3. The highest BCUT2D eigenvalue weighted by atomic mass is 15.4. The summed E-state index contributed by atoms with van der Waals surface area (Å²) < 4.78 is 0. The van der Waals surface area contributed by atoms with E-state index in [2.05, 4.69) is 45.0 Å². The minimum absolute atomic E-state index is 0.528. The van der Waals surface area contributed by atoms with Crippen molar-refractivity contribution in [3.05, 3.63) is 46.7 Å². The maximum atomic E-state index is 6.06. The number of aryl methyl sites for hydroxylation is 1. The predicted octanol–water partition coefficient (Wildman–Crippen LogP) is 3.06. The molecule has 108 valence electrons. The van der Waals surface area contributed by atoms with Crippen LogP contribution in [0.2, 0.25) is 0 Å². The van der Waals surface area contributed by atoms with Crippen molar-refractivity contribution in [1.29, 1.82) is 0 Å². The molecule has 0 radical (unpaired) electrons. The third-order valence-corrected chi connectivity index (χ3v) is 4.16. The van der Waals surface area contributed by atoms with E-state index in [-0.39, 0.29) is 0 Å². The van der Waals surface area contributed by atoms with Crippen molar-refractivity contribution in [2.24, 2.45) is 11.6 Å². The molecule has 4 N–H and O–H groups in total. The second-order valence-corrected chi connectivity index (χ2v) is 5.43. The van der Waals surface area contributed by atoms with E-state index < -0.39 is 0 Å². The highest BCUT2D eigenvalue weighted by Crippen LogP contribution is 2.29. The lowest BCUT2D eigenvalue weighted by molar-refractivity contribution is 0.414. The number of benzene rings is 1. The Hall–Kier alpha value is -1.58. The summed E-state index contributed by atoms with van der Waals surface area (Å²) >= 11 is 0. The SMILES string of the molecule is CC=C(C)c1cc(C(CN)=C2CCCN2N)ccc1C. The molecular formula is C17H25N3. The second-order valence-electron chi connectivity index (χ2n) is 5.43. The van der Waals surface area contributed by atoms with E-state index in [0.29, 0.717) is 6.54 Å². The number of allylic oxidation sites excluding steroid dienone is 3. The van der Waals surface area contributed by atoms with Crippen molar-refractivity contribution in [2.45, 2.75) is 33.6 Å². The van der Waals surface area contributed by atoms with Crippen molar-refractivity contribution in [3.63, 3.8) is 0 Å². The minimum Gasteiger partial charge on any atom is -0.326 e. The number of hydrogen-bond acceptors (Lipinski definition) is 3. The summed E-state index contributed by atoms with van der Waals surface area (Å²) in [5, 5.41) is 1.85. The second kappa shape index (κ2) is 6.25. The minimum atomic E-state index is 0.528. The summed E-state index contributed by atoms with van der Waals surface area (Å²) in [5.41, 5.74) is 13.4. The highest BCUT2D eigenvalue weighted by Gasteiger charge is 2.19. The van der Waals surface area contributed by atoms with E-state index in [1.54, 1.807) is 0 Å². The van der Waals surface area contributed by atoms with Crippen LogP contribution in [0.1, 0.15) is 43.4 Å². The van der Waals surface area contributed by atoms with Crippen LogP contribution in [-0.2, 0) is 0 Å². The van der Waals surface area contributed by atoms with Gasteiger partial charge in [-0.15, -0.1) is 0 Å². The van der Waals surface area contributed by atoms with Crippen LogP contribution < -0.4 is 11.6 Å². The first-order valence-electron chi connectivity index (χ1n) is 7.27. The first kappa shape index (κ1) is 14.8. The molecule has 1 aliphatic heterocycles. The molecule has 1 aromatic carbocycles. The van der Waals surface area contributed by atoms with Gasteiger partial charge < -0.3 is 10.7 Å². The first-order valence-corrected chi connectivity index (χ1v) is 7.27. The van der Waals surface area contributed by atoms with Gasteiger partial charge in [-0.3, -0.25) is 0 Å². The van der Waals surface area contributed by atoms with Gasteiger partial charge in [0, 0.05) is 18.8 Å². The van der Waals surface area contributed by atoms with Gasteiger partial charge in [-0.05, 0) is 67.5 Å². The molecule has 0 spiro atoms. The Morgan fingerprint density at radius 3 is 2.70 bits per heavy atom. The average Bonchev–Trinajstić information content (AvgIpc) is 2.87. The van der Waals surface area contributed by atoms with Crippen LogP contribution in [0.25, 0.3) is 11.1 Å². The maximum absolute atomic E-state index is 6.06. The van der Waals surface area contributed by atoms with Crippen molar-refractivity contribution in [1.82, 2.24) is 5.01 Å². The van der Waals surface area contributed by atoms with Crippen LogP contribution >= 0.6 is 0 Å². The third-order valence-electron chi connectivity index (χ3n) is 4.16. The molecule has 3 heteroatoms.